The molecule has 0 radical (unpaired) electrons. The number of aromatic nitrogens is 4. The Morgan fingerprint density at radius 1 is 1.03 bits per heavy atom. The van der Waals surface area contributed by atoms with Crippen LogP contribution in [-0.4, -0.2) is 26.4 Å². The average Bonchev–Trinajstić information content (AvgIpc) is 3.50. The summed E-state index contributed by atoms with van der Waals surface area (Å²) < 4.78 is 2.13. The third-order valence-corrected chi connectivity index (χ3v) is 5.75. The molecule has 0 amide bonds. The summed E-state index contributed by atoms with van der Waals surface area (Å²) in [4.78, 5) is 20.1. The first-order valence-electron chi connectivity index (χ1n) is 10.2. The molecule has 0 fully saturated rings. The van der Waals surface area contributed by atoms with Gasteiger partial charge in [0, 0.05) is 46.2 Å². The molecular formula is C24H20N4O2. The van der Waals surface area contributed by atoms with Gasteiger partial charge in [0.1, 0.15) is 12.3 Å². The number of rotatable bonds is 3. The van der Waals surface area contributed by atoms with E-state index in [9.17, 15) is 0 Å². The molecule has 0 saturated carbocycles. The summed E-state index contributed by atoms with van der Waals surface area (Å²) in [5.41, 5.74) is 8.07. The number of pyridine rings is 2. The second-order valence-electron chi connectivity index (χ2n) is 7.66. The quantitative estimate of drug-likeness (QED) is 0.469. The highest BCUT2D eigenvalue weighted by atomic mass is 17.2. The minimum absolute atomic E-state index is 0.431. The predicted octanol–water partition coefficient (Wildman–Crippen LogP) is 4.72. The van der Waals surface area contributed by atoms with Crippen molar-refractivity contribution in [3.63, 3.8) is 0 Å². The first kappa shape index (κ1) is 17.4. The highest BCUT2D eigenvalue weighted by Crippen LogP contribution is 2.43. The minimum Gasteiger partial charge on any atom is -0.337 e. The fraction of sp³-hybridized carbons (Fsp3) is 0.208. The van der Waals surface area contributed by atoms with Crippen molar-refractivity contribution < 1.29 is 9.78 Å². The Morgan fingerprint density at radius 2 is 1.97 bits per heavy atom. The number of aryl methyl sites for hydroxylation is 2. The summed E-state index contributed by atoms with van der Waals surface area (Å²) in [6, 6.07) is 14.3. The summed E-state index contributed by atoms with van der Waals surface area (Å²) in [5.74, 6) is 0.698. The molecule has 3 aromatic heterocycles. The Kier molecular flexibility index (Phi) is 3.92. The molecule has 30 heavy (non-hydrogen) atoms. The van der Waals surface area contributed by atoms with E-state index in [0.717, 1.165) is 64.1 Å². The van der Waals surface area contributed by atoms with Gasteiger partial charge in [-0.1, -0.05) is 24.3 Å². The molecule has 6 nitrogen and oxygen atoms in total. The van der Waals surface area contributed by atoms with Crippen LogP contribution in [0, 0.1) is 6.92 Å². The van der Waals surface area contributed by atoms with Crippen LogP contribution in [0.3, 0.4) is 0 Å². The maximum absolute atomic E-state index is 5.49. The summed E-state index contributed by atoms with van der Waals surface area (Å²) in [5, 5.41) is 6.07. The van der Waals surface area contributed by atoms with E-state index in [1.54, 1.807) is 0 Å². The lowest BCUT2D eigenvalue weighted by molar-refractivity contribution is -0.208. The Hall–Kier alpha value is -3.51. The van der Waals surface area contributed by atoms with Gasteiger partial charge in [0.15, 0.2) is 5.76 Å². The van der Waals surface area contributed by atoms with Crippen LogP contribution < -0.4 is 0 Å². The van der Waals surface area contributed by atoms with E-state index < -0.39 is 0 Å². The molecule has 1 aromatic carbocycles. The number of benzene rings is 1. The SMILES string of the molecule is Cc1cccc(-c2nn3c(c2-c2c(C4=CCOO4)cnc4ccccc24)CCC3)n1. The van der Waals surface area contributed by atoms with Crippen molar-refractivity contribution in [1.82, 2.24) is 19.7 Å². The van der Waals surface area contributed by atoms with Gasteiger partial charge in [-0.2, -0.15) is 9.99 Å². The smallest absolute Gasteiger partial charge is 0.173 e. The molecule has 0 atom stereocenters. The molecule has 148 valence electrons. The fourth-order valence-electron chi connectivity index (χ4n) is 4.44. The molecule has 0 saturated heterocycles. The van der Waals surface area contributed by atoms with E-state index in [-0.39, 0.29) is 0 Å². The van der Waals surface area contributed by atoms with Gasteiger partial charge >= 0.3 is 0 Å². The molecule has 6 heteroatoms. The zero-order valence-electron chi connectivity index (χ0n) is 16.6. The molecule has 0 bridgehead atoms. The van der Waals surface area contributed by atoms with Crippen LogP contribution in [-0.2, 0) is 22.7 Å². The maximum Gasteiger partial charge on any atom is 0.173 e. The number of hydrogen-bond donors (Lipinski definition) is 0. The number of hydrogen-bond acceptors (Lipinski definition) is 5. The summed E-state index contributed by atoms with van der Waals surface area (Å²) in [6.07, 6.45) is 5.91. The van der Waals surface area contributed by atoms with E-state index in [0.29, 0.717) is 12.4 Å². The van der Waals surface area contributed by atoms with Gasteiger partial charge in [-0.3, -0.25) is 14.6 Å². The molecule has 0 spiro atoms. The molecule has 6 rings (SSSR count). The third kappa shape index (κ3) is 2.64. The maximum atomic E-state index is 5.49. The number of fused-ring (bicyclic) bond motifs is 2. The van der Waals surface area contributed by atoms with Crippen molar-refractivity contribution >= 4 is 16.7 Å². The Labute approximate surface area is 173 Å². The van der Waals surface area contributed by atoms with Crippen molar-refractivity contribution in [3.8, 4) is 22.5 Å². The molecule has 5 heterocycles. The van der Waals surface area contributed by atoms with Crippen LogP contribution in [0.2, 0.25) is 0 Å². The zero-order valence-corrected chi connectivity index (χ0v) is 16.6. The van der Waals surface area contributed by atoms with Gasteiger partial charge in [0.2, 0.25) is 0 Å². The van der Waals surface area contributed by atoms with Crippen LogP contribution in [0.1, 0.15) is 23.4 Å². The van der Waals surface area contributed by atoms with Gasteiger partial charge in [-0.25, -0.2) is 0 Å². The summed E-state index contributed by atoms with van der Waals surface area (Å²) in [6.45, 7) is 3.36. The van der Waals surface area contributed by atoms with E-state index in [4.69, 9.17) is 19.9 Å². The fourth-order valence-corrected chi connectivity index (χ4v) is 4.44. The molecule has 2 aliphatic rings. The van der Waals surface area contributed by atoms with Gasteiger partial charge < -0.3 is 4.89 Å². The van der Waals surface area contributed by atoms with Gasteiger partial charge in [0.05, 0.1) is 11.2 Å². The second kappa shape index (κ2) is 6.78. The summed E-state index contributed by atoms with van der Waals surface area (Å²) >= 11 is 0. The van der Waals surface area contributed by atoms with Crippen LogP contribution in [0.4, 0.5) is 0 Å². The second-order valence-corrected chi connectivity index (χ2v) is 7.66. The van der Waals surface area contributed by atoms with Gasteiger partial charge in [-0.15, -0.1) is 0 Å². The lowest BCUT2D eigenvalue weighted by Crippen LogP contribution is -1.98. The molecule has 0 unspecified atom stereocenters. The van der Waals surface area contributed by atoms with E-state index in [2.05, 4.69) is 15.7 Å². The van der Waals surface area contributed by atoms with Gasteiger partial charge in [0.25, 0.3) is 0 Å². The van der Waals surface area contributed by atoms with Crippen molar-refractivity contribution in [2.45, 2.75) is 26.3 Å². The van der Waals surface area contributed by atoms with E-state index in [1.165, 1.54) is 5.69 Å². The number of para-hydroxylation sites is 1. The monoisotopic (exact) mass is 396 g/mol. The Morgan fingerprint density at radius 3 is 2.83 bits per heavy atom. The van der Waals surface area contributed by atoms with Gasteiger partial charge in [-0.05, 0) is 44.0 Å². The van der Waals surface area contributed by atoms with Crippen LogP contribution in [0.5, 0.6) is 0 Å². The standard InChI is InChI=1S/C24H20N4O2/c1-15-6-4-9-19(26-15)24-23(20-10-5-12-28(20)27-24)22-16-7-2-3-8-18(16)25-14-17(22)21-11-13-29-30-21/h2-4,6-9,11,14H,5,10,12-13H2,1H3. The van der Waals surface area contributed by atoms with Crippen molar-refractivity contribution in [2.24, 2.45) is 0 Å². The first-order valence-corrected chi connectivity index (χ1v) is 10.2. The van der Waals surface area contributed by atoms with Crippen LogP contribution in [0.25, 0.3) is 39.2 Å². The minimum atomic E-state index is 0.431. The van der Waals surface area contributed by atoms with Crippen molar-refractivity contribution in [2.75, 3.05) is 6.61 Å². The van der Waals surface area contributed by atoms with E-state index in [1.807, 2.05) is 55.6 Å². The highest BCUT2D eigenvalue weighted by molar-refractivity contribution is 6.03. The Balaban J connectivity index is 1.72. The number of nitrogens with zero attached hydrogens (tertiary/aromatic N) is 4. The van der Waals surface area contributed by atoms with E-state index >= 15 is 0 Å². The normalized spacial score (nSPS) is 15.3. The average molecular weight is 396 g/mol. The largest absolute Gasteiger partial charge is 0.337 e. The molecule has 0 aliphatic carbocycles. The zero-order chi connectivity index (χ0) is 20.1. The highest BCUT2D eigenvalue weighted by Gasteiger charge is 2.29. The summed E-state index contributed by atoms with van der Waals surface area (Å²) in [7, 11) is 0. The van der Waals surface area contributed by atoms with Crippen molar-refractivity contribution in [1.29, 1.82) is 0 Å². The topological polar surface area (TPSA) is 62.1 Å². The van der Waals surface area contributed by atoms with Crippen LogP contribution in [0.15, 0.2) is 54.7 Å². The lowest BCUT2D eigenvalue weighted by Gasteiger charge is -2.14. The molecular weight excluding hydrogens is 376 g/mol. The predicted molar refractivity (Wildman–Crippen MR) is 114 cm³/mol. The molecule has 2 aliphatic heterocycles. The third-order valence-electron chi connectivity index (χ3n) is 5.75. The van der Waals surface area contributed by atoms with Crippen LogP contribution >= 0.6 is 0 Å². The molecule has 0 N–H and O–H groups in total. The first-order chi connectivity index (χ1) is 14.8. The lowest BCUT2D eigenvalue weighted by atomic mass is 9.92. The Bertz CT molecular complexity index is 1320. The van der Waals surface area contributed by atoms with Crippen molar-refractivity contribution in [3.05, 3.63) is 71.7 Å². The molecule has 4 aromatic rings.